The van der Waals surface area contributed by atoms with Gasteiger partial charge in [-0.2, -0.15) is 0 Å². The molecule has 1 aliphatic heterocycles. The highest BCUT2D eigenvalue weighted by atomic mass is 32.2. The summed E-state index contributed by atoms with van der Waals surface area (Å²) in [5, 5.41) is 2.56. The lowest BCUT2D eigenvalue weighted by atomic mass is 10.3. The lowest BCUT2D eigenvalue weighted by Gasteiger charge is -2.18. The van der Waals surface area contributed by atoms with Crippen molar-refractivity contribution in [2.75, 3.05) is 36.9 Å². The zero-order chi connectivity index (χ0) is 12.3. The minimum Gasteiger partial charge on any atom is -0.375 e. The highest BCUT2D eigenvalue weighted by molar-refractivity contribution is 7.91. The van der Waals surface area contributed by atoms with Crippen LogP contribution in [0.5, 0.6) is 0 Å². The van der Waals surface area contributed by atoms with E-state index in [0.717, 1.165) is 31.6 Å². The molecule has 2 rings (SSSR count). The van der Waals surface area contributed by atoms with Crippen LogP contribution in [0.2, 0.25) is 0 Å². The van der Waals surface area contributed by atoms with Crippen LogP contribution >= 0.6 is 11.3 Å². The Morgan fingerprint density at radius 1 is 1.41 bits per heavy atom. The summed E-state index contributed by atoms with van der Waals surface area (Å²) in [7, 11) is -2.81. The van der Waals surface area contributed by atoms with E-state index < -0.39 is 9.84 Å². The molecule has 7 heteroatoms. The van der Waals surface area contributed by atoms with E-state index in [-0.39, 0.29) is 5.75 Å². The molecule has 0 saturated carbocycles. The van der Waals surface area contributed by atoms with E-state index in [1.54, 1.807) is 0 Å². The number of nitrogens with zero attached hydrogens (tertiary/aromatic N) is 2. The molecule has 1 aromatic heterocycles. The molecule has 0 bridgehead atoms. The van der Waals surface area contributed by atoms with Crippen molar-refractivity contribution in [3.8, 4) is 0 Å². The van der Waals surface area contributed by atoms with Crippen LogP contribution in [0.15, 0.2) is 5.38 Å². The van der Waals surface area contributed by atoms with E-state index in [4.69, 9.17) is 5.73 Å². The Labute approximate surface area is 106 Å². The second-order valence-corrected chi connectivity index (χ2v) is 7.47. The molecule has 17 heavy (non-hydrogen) atoms. The van der Waals surface area contributed by atoms with Gasteiger partial charge in [-0.1, -0.05) is 0 Å². The monoisotopic (exact) mass is 275 g/mol. The van der Waals surface area contributed by atoms with Crippen LogP contribution in [-0.2, 0) is 16.3 Å². The summed E-state index contributed by atoms with van der Waals surface area (Å²) < 4.78 is 22.9. The van der Waals surface area contributed by atoms with Gasteiger partial charge < -0.3 is 10.6 Å². The van der Waals surface area contributed by atoms with Gasteiger partial charge in [0.1, 0.15) is 0 Å². The number of rotatable bonds is 3. The molecular weight excluding hydrogens is 258 g/mol. The molecule has 1 fully saturated rings. The number of thiazole rings is 1. The SMILES string of the molecule is Nc1nc(CCN2CCCS(=O)(=O)CC2)cs1. The molecule has 0 aliphatic carbocycles. The maximum Gasteiger partial charge on any atom is 0.180 e. The van der Waals surface area contributed by atoms with Crippen LogP contribution in [0, 0.1) is 0 Å². The van der Waals surface area contributed by atoms with Gasteiger partial charge in [-0.3, -0.25) is 0 Å². The Morgan fingerprint density at radius 3 is 2.94 bits per heavy atom. The van der Waals surface area contributed by atoms with Crippen molar-refractivity contribution < 1.29 is 8.42 Å². The van der Waals surface area contributed by atoms with E-state index in [1.807, 2.05) is 5.38 Å². The van der Waals surface area contributed by atoms with Crippen molar-refractivity contribution in [3.63, 3.8) is 0 Å². The molecule has 1 aliphatic rings. The first-order valence-corrected chi connectivity index (χ1v) is 8.38. The van der Waals surface area contributed by atoms with Crippen molar-refractivity contribution in [2.45, 2.75) is 12.8 Å². The Balaban J connectivity index is 1.83. The lowest BCUT2D eigenvalue weighted by Crippen LogP contribution is -2.29. The van der Waals surface area contributed by atoms with E-state index in [0.29, 0.717) is 17.4 Å². The summed E-state index contributed by atoms with van der Waals surface area (Å²) in [5.74, 6) is 0.610. The molecule has 0 atom stereocenters. The molecule has 5 nitrogen and oxygen atoms in total. The standard InChI is InChI=1S/C10H17N3O2S2/c11-10-12-9(8-16-10)2-4-13-3-1-6-17(14,15)7-5-13/h8H,1-7H2,(H2,11,12). The molecule has 0 unspecified atom stereocenters. The second kappa shape index (κ2) is 5.32. The first-order chi connectivity index (χ1) is 8.05. The fourth-order valence-corrected chi connectivity index (χ4v) is 3.83. The van der Waals surface area contributed by atoms with Gasteiger partial charge in [0.05, 0.1) is 17.2 Å². The maximum atomic E-state index is 11.4. The average molecular weight is 275 g/mol. The van der Waals surface area contributed by atoms with Crippen molar-refractivity contribution in [3.05, 3.63) is 11.1 Å². The molecule has 0 spiro atoms. The van der Waals surface area contributed by atoms with Crippen LogP contribution in [0.25, 0.3) is 0 Å². The minimum absolute atomic E-state index is 0.284. The third-order valence-electron chi connectivity index (χ3n) is 2.90. The molecule has 1 saturated heterocycles. The highest BCUT2D eigenvalue weighted by Crippen LogP contribution is 2.12. The van der Waals surface area contributed by atoms with Crippen molar-refractivity contribution in [2.24, 2.45) is 0 Å². The van der Waals surface area contributed by atoms with Gasteiger partial charge >= 0.3 is 0 Å². The summed E-state index contributed by atoms with van der Waals surface area (Å²) in [5.41, 5.74) is 6.56. The smallest absolute Gasteiger partial charge is 0.180 e. The summed E-state index contributed by atoms with van der Waals surface area (Å²) in [4.78, 5) is 6.39. The van der Waals surface area contributed by atoms with Gasteiger partial charge in [0.25, 0.3) is 0 Å². The van der Waals surface area contributed by atoms with Gasteiger partial charge in [-0.15, -0.1) is 11.3 Å². The molecular formula is C10H17N3O2S2. The van der Waals surface area contributed by atoms with Crippen LogP contribution < -0.4 is 5.73 Å². The number of aromatic nitrogens is 1. The van der Waals surface area contributed by atoms with Gasteiger partial charge in [0, 0.05) is 24.9 Å². The minimum atomic E-state index is -2.81. The van der Waals surface area contributed by atoms with Crippen LogP contribution in [0.4, 0.5) is 5.13 Å². The van der Waals surface area contributed by atoms with Crippen molar-refractivity contribution in [1.29, 1.82) is 0 Å². The van der Waals surface area contributed by atoms with Gasteiger partial charge in [0.2, 0.25) is 0 Å². The third-order valence-corrected chi connectivity index (χ3v) is 5.34. The van der Waals surface area contributed by atoms with E-state index in [9.17, 15) is 8.42 Å². The van der Waals surface area contributed by atoms with E-state index in [2.05, 4.69) is 9.88 Å². The predicted octanol–water partition coefficient (Wildman–Crippen LogP) is 0.388. The van der Waals surface area contributed by atoms with E-state index in [1.165, 1.54) is 11.3 Å². The molecule has 0 radical (unpaired) electrons. The summed E-state index contributed by atoms with van der Waals surface area (Å²) in [6.07, 6.45) is 1.58. The third kappa shape index (κ3) is 3.93. The number of nitrogens with two attached hydrogens (primary N) is 1. The highest BCUT2D eigenvalue weighted by Gasteiger charge is 2.18. The zero-order valence-electron chi connectivity index (χ0n) is 9.63. The van der Waals surface area contributed by atoms with Crippen LogP contribution in [-0.4, -0.2) is 49.4 Å². The average Bonchev–Trinajstić information content (AvgIpc) is 2.59. The van der Waals surface area contributed by atoms with Crippen LogP contribution in [0.3, 0.4) is 0 Å². The largest absolute Gasteiger partial charge is 0.375 e. The Bertz CT molecular complexity index is 470. The summed E-state index contributed by atoms with van der Waals surface area (Å²) in [6.45, 7) is 2.36. The second-order valence-electron chi connectivity index (χ2n) is 4.27. The zero-order valence-corrected chi connectivity index (χ0v) is 11.3. The van der Waals surface area contributed by atoms with Gasteiger partial charge in [-0.05, 0) is 13.0 Å². The molecule has 96 valence electrons. The van der Waals surface area contributed by atoms with E-state index >= 15 is 0 Å². The topological polar surface area (TPSA) is 76.3 Å². The number of hydrogen-bond donors (Lipinski definition) is 1. The first-order valence-electron chi connectivity index (χ1n) is 5.68. The Hall–Kier alpha value is -0.660. The summed E-state index contributed by atoms with van der Waals surface area (Å²) >= 11 is 1.45. The number of nitrogen functional groups attached to an aromatic ring is 1. The molecule has 2 N–H and O–H groups in total. The van der Waals surface area contributed by atoms with Crippen molar-refractivity contribution in [1.82, 2.24) is 9.88 Å². The first kappa shape index (κ1) is 12.8. The fraction of sp³-hybridized carbons (Fsp3) is 0.700. The Kier molecular flexibility index (Phi) is 4.01. The number of hydrogen-bond acceptors (Lipinski definition) is 6. The maximum absolute atomic E-state index is 11.4. The van der Waals surface area contributed by atoms with Crippen molar-refractivity contribution >= 4 is 26.3 Å². The Morgan fingerprint density at radius 2 is 2.24 bits per heavy atom. The van der Waals surface area contributed by atoms with Crippen LogP contribution in [0.1, 0.15) is 12.1 Å². The molecule has 0 amide bonds. The fourth-order valence-electron chi connectivity index (χ4n) is 1.92. The number of sulfone groups is 1. The van der Waals surface area contributed by atoms with Gasteiger partial charge in [0.15, 0.2) is 15.0 Å². The molecule has 0 aromatic carbocycles. The number of anilines is 1. The molecule has 1 aromatic rings. The normalized spacial score (nSPS) is 21.2. The van der Waals surface area contributed by atoms with Gasteiger partial charge in [-0.25, -0.2) is 13.4 Å². The predicted molar refractivity (Wildman–Crippen MR) is 69.9 cm³/mol. The quantitative estimate of drug-likeness (QED) is 0.863. The lowest BCUT2D eigenvalue weighted by molar-refractivity contribution is 0.298. The molecule has 2 heterocycles. The summed E-state index contributed by atoms with van der Waals surface area (Å²) in [6, 6.07) is 0.